The first-order valence-corrected chi connectivity index (χ1v) is 7.42. The minimum atomic E-state index is -3.56. The first-order valence-electron chi connectivity index (χ1n) is 5.98. The Bertz CT molecular complexity index is 698. The van der Waals surface area contributed by atoms with E-state index in [1.54, 1.807) is 24.3 Å². The molecule has 104 valence electrons. The molecule has 0 amide bonds. The number of rotatable bonds is 5. The van der Waals surface area contributed by atoms with Gasteiger partial charge in [-0.05, 0) is 29.8 Å². The van der Waals surface area contributed by atoms with Gasteiger partial charge in [0.05, 0.1) is 30.2 Å². The molecule has 0 bridgehead atoms. The van der Waals surface area contributed by atoms with Crippen LogP contribution in [0.2, 0.25) is 0 Å². The molecule has 0 saturated carbocycles. The third kappa shape index (κ3) is 3.07. The summed E-state index contributed by atoms with van der Waals surface area (Å²) in [5, 5.41) is 8.59. The van der Waals surface area contributed by atoms with Crippen molar-refractivity contribution in [1.82, 2.24) is 4.31 Å². The van der Waals surface area contributed by atoms with Crippen LogP contribution in [-0.2, 0) is 23.0 Å². The van der Waals surface area contributed by atoms with E-state index in [9.17, 15) is 8.42 Å². The molecule has 2 aromatic rings. The molecule has 0 atom stereocenters. The fourth-order valence-corrected chi connectivity index (χ4v) is 2.89. The van der Waals surface area contributed by atoms with Gasteiger partial charge in [-0.25, -0.2) is 8.42 Å². The Morgan fingerprint density at radius 3 is 2.50 bits per heavy atom. The molecule has 0 N–H and O–H groups in total. The summed E-state index contributed by atoms with van der Waals surface area (Å²) in [7, 11) is -2.06. The average molecular weight is 290 g/mol. The zero-order valence-corrected chi connectivity index (χ0v) is 11.8. The Hall–Kier alpha value is -2.10. The van der Waals surface area contributed by atoms with Crippen molar-refractivity contribution in [2.24, 2.45) is 0 Å². The van der Waals surface area contributed by atoms with Crippen LogP contribution < -0.4 is 0 Å². The summed E-state index contributed by atoms with van der Waals surface area (Å²) >= 11 is 0. The molecule has 6 heteroatoms. The summed E-state index contributed by atoms with van der Waals surface area (Å²) in [5.41, 5.74) is 0.792. The van der Waals surface area contributed by atoms with Crippen LogP contribution >= 0.6 is 0 Å². The minimum Gasteiger partial charge on any atom is -0.468 e. The van der Waals surface area contributed by atoms with Gasteiger partial charge in [0.15, 0.2) is 0 Å². The summed E-state index contributed by atoms with van der Waals surface area (Å²) in [6.07, 6.45) is 1.77. The van der Waals surface area contributed by atoms with Crippen molar-refractivity contribution in [3.05, 3.63) is 54.0 Å². The topological polar surface area (TPSA) is 74.3 Å². The van der Waals surface area contributed by atoms with Gasteiger partial charge in [-0.15, -0.1) is 0 Å². The molecule has 1 heterocycles. The summed E-state index contributed by atoms with van der Waals surface area (Å²) in [4.78, 5) is 0.202. The molecule has 1 aromatic heterocycles. The van der Waals surface area contributed by atoms with Crippen LogP contribution in [0, 0.1) is 11.3 Å². The van der Waals surface area contributed by atoms with Gasteiger partial charge in [-0.2, -0.15) is 9.57 Å². The summed E-state index contributed by atoms with van der Waals surface area (Å²) < 4.78 is 31.1. The van der Waals surface area contributed by atoms with Crippen molar-refractivity contribution in [3.8, 4) is 6.07 Å². The molecule has 0 unspecified atom stereocenters. The highest BCUT2D eigenvalue weighted by molar-refractivity contribution is 7.89. The molecule has 0 aliphatic heterocycles. The Morgan fingerprint density at radius 1 is 1.25 bits per heavy atom. The van der Waals surface area contributed by atoms with Crippen LogP contribution in [0.1, 0.15) is 11.3 Å². The monoisotopic (exact) mass is 290 g/mol. The zero-order chi connectivity index (χ0) is 14.6. The second-order valence-corrected chi connectivity index (χ2v) is 6.36. The molecule has 0 fully saturated rings. The Balaban J connectivity index is 2.19. The molecule has 2 rings (SSSR count). The molecular weight excluding hydrogens is 276 g/mol. The lowest BCUT2D eigenvalue weighted by Crippen LogP contribution is -2.26. The van der Waals surface area contributed by atoms with E-state index >= 15 is 0 Å². The normalized spacial score (nSPS) is 11.4. The molecule has 0 spiro atoms. The number of nitriles is 1. The van der Waals surface area contributed by atoms with Gasteiger partial charge >= 0.3 is 0 Å². The first kappa shape index (κ1) is 14.3. The van der Waals surface area contributed by atoms with Gasteiger partial charge in [0.2, 0.25) is 10.0 Å². The number of sulfonamides is 1. The summed E-state index contributed by atoms with van der Waals surface area (Å²) in [6, 6.07) is 11.8. The molecule has 0 saturated heterocycles. The number of nitrogens with zero attached hydrogens (tertiary/aromatic N) is 2. The maximum atomic E-state index is 12.3. The highest BCUT2D eigenvalue weighted by Crippen LogP contribution is 2.17. The van der Waals surface area contributed by atoms with Crippen LogP contribution in [0.15, 0.2) is 52.0 Å². The van der Waals surface area contributed by atoms with Crippen LogP contribution in [0.3, 0.4) is 0 Å². The van der Waals surface area contributed by atoms with Crippen LogP contribution in [0.4, 0.5) is 0 Å². The number of furan rings is 1. The lowest BCUT2D eigenvalue weighted by Gasteiger charge is -2.16. The van der Waals surface area contributed by atoms with Crippen molar-refractivity contribution < 1.29 is 12.8 Å². The second kappa shape index (κ2) is 5.90. The van der Waals surface area contributed by atoms with E-state index in [0.717, 1.165) is 5.56 Å². The van der Waals surface area contributed by atoms with Gasteiger partial charge in [-0.3, -0.25) is 0 Å². The van der Waals surface area contributed by atoms with E-state index in [-0.39, 0.29) is 17.9 Å². The summed E-state index contributed by atoms with van der Waals surface area (Å²) in [5.74, 6) is 0.581. The molecular formula is C14H14N2O3S. The van der Waals surface area contributed by atoms with Crippen molar-refractivity contribution in [1.29, 1.82) is 5.26 Å². The predicted molar refractivity (Wildman–Crippen MR) is 73.1 cm³/mol. The highest BCUT2D eigenvalue weighted by Gasteiger charge is 2.21. The van der Waals surface area contributed by atoms with E-state index in [1.165, 1.54) is 29.7 Å². The summed E-state index contributed by atoms with van der Waals surface area (Å²) in [6.45, 7) is 0.176. The van der Waals surface area contributed by atoms with Crippen LogP contribution in [-0.4, -0.2) is 19.8 Å². The fraction of sp³-hybridized carbons (Fsp3) is 0.214. The quantitative estimate of drug-likeness (QED) is 0.845. The highest BCUT2D eigenvalue weighted by atomic mass is 32.2. The molecule has 1 aromatic carbocycles. The van der Waals surface area contributed by atoms with E-state index in [2.05, 4.69) is 0 Å². The van der Waals surface area contributed by atoms with Crippen molar-refractivity contribution in [2.45, 2.75) is 17.9 Å². The largest absolute Gasteiger partial charge is 0.468 e. The van der Waals surface area contributed by atoms with Gasteiger partial charge in [0.25, 0.3) is 0 Å². The third-order valence-corrected chi connectivity index (χ3v) is 4.69. The lowest BCUT2D eigenvalue weighted by molar-refractivity contribution is 0.406. The lowest BCUT2D eigenvalue weighted by atomic mass is 10.2. The average Bonchev–Trinajstić information content (AvgIpc) is 2.92. The van der Waals surface area contributed by atoms with Gasteiger partial charge in [0, 0.05) is 7.05 Å². The molecule has 0 aliphatic rings. The van der Waals surface area contributed by atoms with Crippen molar-refractivity contribution in [3.63, 3.8) is 0 Å². The maximum Gasteiger partial charge on any atom is 0.243 e. The number of hydrogen-bond acceptors (Lipinski definition) is 4. The van der Waals surface area contributed by atoms with Gasteiger partial charge in [0.1, 0.15) is 5.76 Å². The molecule has 5 nitrogen and oxygen atoms in total. The SMILES string of the molecule is CN(Cc1ccco1)S(=O)(=O)c1ccc(CC#N)cc1. The number of hydrogen-bond donors (Lipinski definition) is 0. The fourth-order valence-electron chi connectivity index (χ4n) is 1.76. The van der Waals surface area contributed by atoms with Gasteiger partial charge in [-0.1, -0.05) is 12.1 Å². The third-order valence-electron chi connectivity index (χ3n) is 2.87. The van der Waals surface area contributed by atoms with Crippen LogP contribution in [0.25, 0.3) is 0 Å². The van der Waals surface area contributed by atoms with E-state index in [1.807, 2.05) is 6.07 Å². The second-order valence-electron chi connectivity index (χ2n) is 4.32. The van der Waals surface area contributed by atoms with Gasteiger partial charge < -0.3 is 4.42 Å². The molecule has 0 aliphatic carbocycles. The maximum absolute atomic E-state index is 12.3. The standard InChI is InChI=1S/C14H14N2O3S/c1-16(11-13-3-2-10-19-13)20(17,18)14-6-4-12(5-7-14)8-9-15/h2-7,10H,8,11H2,1H3. The smallest absolute Gasteiger partial charge is 0.243 e. The Kier molecular flexibility index (Phi) is 4.23. The molecule has 0 radical (unpaired) electrons. The van der Waals surface area contributed by atoms with Crippen molar-refractivity contribution >= 4 is 10.0 Å². The van der Waals surface area contributed by atoms with E-state index in [4.69, 9.17) is 9.68 Å². The number of benzene rings is 1. The first-order chi connectivity index (χ1) is 9.54. The van der Waals surface area contributed by atoms with E-state index in [0.29, 0.717) is 5.76 Å². The van der Waals surface area contributed by atoms with Crippen molar-refractivity contribution in [2.75, 3.05) is 7.05 Å². The zero-order valence-electron chi connectivity index (χ0n) is 11.0. The molecule has 20 heavy (non-hydrogen) atoms. The Labute approximate surface area is 118 Å². The van der Waals surface area contributed by atoms with E-state index < -0.39 is 10.0 Å². The Morgan fingerprint density at radius 2 is 1.95 bits per heavy atom. The minimum absolute atomic E-state index is 0.176. The van der Waals surface area contributed by atoms with Crippen LogP contribution in [0.5, 0.6) is 0 Å². The predicted octanol–water partition coefficient (Wildman–Crippen LogP) is 2.17.